The molecule has 40 heavy (non-hydrogen) atoms. The van der Waals surface area contributed by atoms with Crippen LogP contribution in [0.5, 0.6) is 11.5 Å². The molecule has 10 heteroatoms. The van der Waals surface area contributed by atoms with E-state index in [2.05, 4.69) is 11.9 Å². The van der Waals surface area contributed by atoms with E-state index >= 15 is 0 Å². The maximum absolute atomic E-state index is 13.8. The molecule has 1 fully saturated rings. The first-order valence-corrected chi connectivity index (χ1v) is 14.2. The molecule has 1 atom stereocenters. The van der Waals surface area contributed by atoms with E-state index in [0.29, 0.717) is 46.6 Å². The molecule has 1 unspecified atom stereocenters. The molecule has 3 heterocycles. The molecule has 0 saturated carbocycles. The van der Waals surface area contributed by atoms with Crippen LogP contribution in [0, 0.1) is 0 Å². The molecule has 3 aliphatic heterocycles. The fraction of sp³-hybridized carbons (Fsp3) is 0.367. The third-order valence-corrected chi connectivity index (χ3v) is 8.16. The smallest absolute Gasteiger partial charge is 0.338 e. The van der Waals surface area contributed by atoms with Crippen LogP contribution in [-0.2, 0) is 14.3 Å². The van der Waals surface area contributed by atoms with Crippen molar-refractivity contribution in [2.24, 2.45) is 4.99 Å². The summed E-state index contributed by atoms with van der Waals surface area (Å²) in [5.41, 5.74) is 3.20. The Balaban J connectivity index is 1.64. The maximum Gasteiger partial charge on any atom is 0.338 e. The summed E-state index contributed by atoms with van der Waals surface area (Å²) in [5.74, 6) is 0.784. The molecule has 2 aromatic rings. The summed E-state index contributed by atoms with van der Waals surface area (Å²) < 4.78 is 17.0. The second-order valence-electron chi connectivity index (χ2n) is 9.71. The molecule has 1 saturated heterocycles. The highest BCUT2D eigenvalue weighted by Crippen LogP contribution is 2.49. The number of likely N-dealkylation sites (N-methyl/N-ethyl adjacent to an activating group) is 1. The number of carbonyl (C=O) groups is 2. The minimum atomic E-state index is -0.659. The van der Waals surface area contributed by atoms with Gasteiger partial charge >= 0.3 is 5.97 Å². The van der Waals surface area contributed by atoms with E-state index in [0.717, 1.165) is 24.4 Å². The highest BCUT2D eigenvalue weighted by atomic mass is 32.2. The maximum atomic E-state index is 13.8. The standard InChI is InChI=1S/C30H34N4O5S/c1-5-39-29(36)26-27(20-9-7-6-8-10-20)31-30-34(28(26)23-18-22(37-3)11-12-24(23)38-4)21(19-40-30)17-25(35)33-15-13-32(2)14-16-33/h6-12,18-19,28H,5,13-17H2,1-4H3. The normalized spacial score (nSPS) is 19.1. The Kier molecular flexibility index (Phi) is 8.46. The topological polar surface area (TPSA) is 83.9 Å². The van der Waals surface area contributed by atoms with Gasteiger partial charge in [-0.05, 0) is 37.6 Å². The Morgan fingerprint density at radius 3 is 2.45 bits per heavy atom. The number of fused-ring (bicyclic) bond motifs is 1. The predicted octanol–water partition coefficient (Wildman–Crippen LogP) is 4.14. The lowest BCUT2D eigenvalue weighted by atomic mass is 9.90. The van der Waals surface area contributed by atoms with Crippen LogP contribution in [0.3, 0.4) is 0 Å². The lowest BCUT2D eigenvalue weighted by Gasteiger charge is -2.38. The van der Waals surface area contributed by atoms with E-state index in [1.54, 1.807) is 21.1 Å². The Labute approximate surface area is 239 Å². The van der Waals surface area contributed by atoms with Crippen LogP contribution in [0.25, 0.3) is 5.70 Å². The number of thioether (sulfide) groups is 1. The van der Waals surface area contributed by atoms with E-state index < -0.39 is 12.0 Å². The number of ether oxygens (including phenoxy) is 3. The van der Waals surface area contributed by atoms with E-state index in [1.165, 1.54) is 11.8 Å². The van der Waals surface area contributed by atoms with Crippen LogP contribution in [0.15, 0.2) is 70.2 Å². The average molecular weight is 563 g/mol. The number of amides is 1. The van der Waals surface area contributed by atoms with Crippen molar-refractivity contribution >= 4 is 34.5 Å². The molecule has 1 amide bonds. The van der Waals surface area contributed by atoms with Crippen LogP contribution in [-0.4, -0.2) is 85.8 Å². The van der Waals surface area contributed by atoms with Gasteiger partial charge in [-0.25, -0.2) is 9.79 Å². The Morgan fingerprint density at radius 1 is 1.02 bits per heavy atom. The second kappa shape index (κ2) is 12.2. The number of amidine groups is 1. The fourth-order valence-electron chi connectivity index (χ4n) is 5.16. The van der Waals surface area contributed by atoms with Crippen molar-refractivity contribution < 1.29 is 23.8 Å². The number of rotatable bonds is 8. The predicted molar refractivity (Wildman–Crippen MR) is 156 cm³/mol. The van der Waals surface area contributed by atoms with Crippen LogP contribution < -0.4 is 9.47 Å². The molecule has 3 aliphatic rings. The van der Waals surface area contributed by atoms with Crippen molar-refractivity contribution in [3.05, 3.63) is 76.3 Å². The summed E-state index contributed by atoms with van der Waals surface area (Å²) in [6, 6.07) is 14.5. The second-order valence-corrected chi connectivity index (χ2v) is 10.5. The van der Waals surface area contributed by atoms with Crippen molar-refractivity contribution in [3.63, 3.8) is 0 Å². The van der Waals surface area contributed by atoms with Gasteiger partial charge in [0.1, 0.15) is 11.5 Å². The number of nitrogens with zero attached hydrogens (tertiary/aromatic N) is 4. The molecular formula is C30H34N4O5S. The summed E-state index contributed by atoms with van der Waals surface area (Å²) in [7, 11) is 5.26. The van der Waals surface area contributed by atoms with Gasteiger partial charge in [0.2, 0.25) is 5.91 Å². The third kappa shape index (κ3) is 5.46. The quantitative estimate of drug-likeness (QED) is 0.444. The van der Waals surface area contributed by atoms with Gasteiger partial charge in [0.25, 0.3) is 0 Å². The highest BCUT2D eigenvalue weighted by molar-refractivity contribution is 8.16. The zero-order valence-corrected chi connectivity index (χ0v) is 24.1. The number of hydrogen-bond acceptors (Lipinski definition) is 9. The molecule has 0 N–H and O–H groups in total. The molecule has 2 aromatic carbocycles. The number of aliphatic imine (C=N–C) groups is 1. The highest BCUT2D eigenvalue weighted by Gasteiger charge is 2.44. The van der Waals surface area contributed by atoms with Gasteiger partial charge in [0, 0.05) is 43.0 Å². The van der Waals surface area contributed by atoms with Gasteiger partial charge < -0.3 is 28.9 Å². The van der Waals surface area contributed by atoms with Crippen LogP contribution in [0.1, 0.15) is 30.5 Å². The Hall–Kier alpha value is -3.76. The molecule has 9 nitrogen and oxygen atoms in total. The van der Waals surface area contributed by atoms with E-state index in [4.69, 9.17) is 19.2 Å². The lowest BCUT2D eigenvalue weighted by Crippen LogP contribution is -2.47. The van der Waals surface area contributed by atoms with Gasteiger partial charge in [-0.15, -0.1) is 0 Å². The van der Waals surface area contributed by atoms with Crippen molar-refractivity contribution in [2.45, 2.75) is 19.4 Å². The number of methoxy groups -OCH3 is 2. The molecule has 0 radical (unpaired) electrons. The molecule has 0 aliphatic carbocycles. The minimum Gasteiger partial charge on any atom is -0.497 e. The first kappa shape index (κ1) is 27.8. The number of hydrogen-bond donors (Lipinski definition) is 0. The lowest BCUT2D eigenvalue weighted by molar-refractivity contribution is -0.139. The summed E-state index contributed by atoms with van der Waals surface area (Å²) in [6.07, 6.45) is 0.190. The summed E-state index contributed by atoms with van der Waals surface area (Å²) in [5, 5.41) is 2.64. The Morgan fingerprint density at radius 2 is 1.77 bits per heavy atom. The molecule has 5 rings (SSSR count). The van der Waals surface area contributed by atoms with Crippen LogP contribution in [0.4, 0.5) is 0 Å². The van der Waals surface area contributed by atoms with E-state index in [9.17, 15) is 9.59 Å². The van der Waals surface area contributed by atoms with Gasteiger partial charge in [0.05, 0.1) is 44.6 Å². The molecule has 0 aromatic heterocycles. The average Bonchev–Trinajstić information content (AvgIpc) is 3.38. The van der Waals surface area contributed by atoms with Gasteiger partial charge in [-0.1, -0.05) is 42.1 Å². The van der Waals surface area contributed by atoms with Crippen LogP contribution in [0.2, 0.25) is 0 Å². The van der Waals surface area contributed by atoms with Gasteiger partial charge in [0.15, 0.2) is 5.17 Å². The number of benzene rings is 2. The fourth-order valence-corrected chi connectivity index (χ4v) is 6.08. The van der Waals surface area contributed by atoms with Crippen molar-refractivity contribution in [1.82, 2.24) is 14.7 Å². The first-order chi connectivity index (χ1) is 19.4. The number of piperazine rings is 1. The third-order valence-electron chi connectivity index (χ3n) is 7.27. The van der Waals surface area contributed by atoms with Gasteiger partial charge in [-0.2, -0.15) is 0 Å². The first-order valence-electron chi connectivity index (χ1n) is 13.3. The zero-order valence-electron chi connectivity index (χ0n) is 23.3. The molecule has 0 bridgehead atoms. The van der Waals surface area contributed by atoms with Crippen molar-refractivity contribution in [2.75, 3.05) is 54.1 Å². The van der Waals surface area contributed by atoms with Crippen LogP contribution >= 0.6 is 11.8 Å². The van der Waals surface area contributed by atoms with Crippen molar-refractivity contribution in [1.29, 1.82) is 0 Å². The summed E-state index contributed by atoms with van der Waals surface area (Å²) in [6.45, 7) is 5.06. The van der Waals surface area contributed by atoms with Crippen molar-refractivity contribution in [3.8, 4) is 11.5 Å². The monoisotopic (exact) mass is 562 g/mol. The van der Waals surface area contributed by atoms with E-state index in [1.807, 2.05) is 63.7 Å². The minimum absolute atomic E-state index is 0.0491. The number of esters is 1. The zero-order chi connectivity index (χ0) is 28.2. The summed E-state index contributed by atoms with van der Waals surface area (Å²) in [4.78, 5) is 38.3. The molecule has 210 valence electrons. The Bertz CT molecular complexity index is 1370. The number of carbonyl (C=O) groups excluding carboxylic acids is 2. The summed E-state index contributed by atoms with van der Waals surface area (Å²) >= 11 is 1.45. The molecular weight excluding hydrogens is 528 g/mol. The van der Waals surface area contributed by atoms with Gasteiger partial charge in [-0.3, -0.25) is 4.79 Å². The molecule has 0 spiro atoms. The van der Waals surface area contributed by atoms with E-state index in [-0.39, 0.29) is 18.9 Å². The SMILES string of the molecule is CCOC(=O)C1=C(c2ccccc2)N=C2SC=C(CC(=O)N3CCN(C)CC3)N2C1c1cc(OC)ccc1OC. The largest absolute Gasteiger partial charge is 0.497 e.